The fraction of sp³-hybridized carbons (Fsp3) is 0.586. The van der Waals surface area contributed by atoms with Crippen molar-refractivity contribution in [3.8, 4) is 23.1 Å². The number of rotatable bonds is 7. The van der Waals surface area contributed by atoms with E-state index in [9.17, 15) is 8.78 Å². The van der Waals surface area contributed by atoms with E-state index in [1.807, 2.05) is 11.9 Å². The summed E-state index contributed by atoms with van der Waals surface area (Å²) in [7, 11) is 5.46. The quantitative estimate of drug-likeness (QED) is 0.377. The van der Waals surface area contributed by atoms with E-state index in [-0.39, 0.29) is 25.6 Å². The number of hydrogen-bond donors (Lipinski definition) is 2. The van der Waals surface area contributed by atoms with Crippen LogP contribution in [0.3, 0.4) is 0 Å². The third-order valence-electron chi connectivity index (χ3n) is 9.32. The van der Waals surface area contributed by atoms with Gasteiger partial charge in [-0.05, 0) is 58.2 Å². The van der Waals surface area contributed by atoms with Gasteiger partial charge in [0.2, 0.25) is 0 Å². The summed E-state index contributed by atoms with van der Waals surface area (Å²) in [5, 5.41) is 13.4. The van der Waals surface area contributed by atoms with Gasteiger partial charge in [-0.1, -0.05) is 5.16 Å². The average molecular weight is 600 g/mol. The third-order valence-corrected chi connectivity index (χ3v) is 10.4. The van der Waals surface area contributed by atoms with Gasteiger partial charge in [-0.15, -0.1) is 11.3 Å². The SMILES string of the molecule is CN(C)CC1(COc2nc(-c3noc4c3CCCC43CCCc4sc(N)c(C=N)c43)c3c(n2)N(C)CCO3)CC1(F)F. The lowest BCUT2D eigenvalue weighted by atomic mass is 9.63. The van der Waals surface area contributed by atoms with Crippen LogP contribution in [0, 0.1) is 10.8 Å². The molecule has 224 valence electrons. The van der Waals surface area contributed by atoms with Crippen LogP contribution >= 0.6 is 11.3 Å². The molecule has 3 aromatic heterocycles. The first-order valence-electron chi connectivity index (χ1n) is 14.4. The second-order valence-electron chi connectivity index (χ2n) is 12.4. The topological polar surface area (TPSA) is 127 Å². The van der Waals surface area contributed by atoms with Gasteiger partial charge in [0.15, 0.2) is 17.3 Å². The predicted octanol–water partition coefficient (Wildman–Crippen LogP) is 4.53. The molecule has 7 rings (SSSR count). The number of aryl methyl sites for hydroxylation is 1. The van der Waals surface area contributed by atoms with Crippen LogP contribution < -0.4 is 20.1 Å². The van der Waals surface area contributed by atoms with Crippen LogP contribution in [0.2, 0.25) is 0 Å². The predicted molar refractivity (Wildman–Crippen MR) is 156 cm³/mol. The first-order valence-corrected chi connectivity index (χ1v) is 15.2. The molecule has 1 aliphatic heterocycles. The van der Waals surface area contributed by atoms with Gasteiger partial charge in [0.1, 0.15) is 24.6 Å². The molecule has 0 amide bonds. The zero-order valence-corrected chi connectivity index (χ0v) is 24.9. The smallest absolute Gasteiger partial charge is 0.319 e. The lowest BCUT2D eigenvalue weighted by molar-refractivity contribution is 0.0288. The normalized spacial score (nSPS) is 25.5. The van der Waals surface area contributed by atoms with E-state index in [0.29, 0.717) is 41.1 Å². The van der Waals surface area contributed by atoms with E-state index in [1.165, 1.54) is 11.1 Å². The zero-order valence-electron chi connectivity index (χ0n) is 24.1. The maximum atomic E-state index is 14.5. The molecule has 0 aromatic carbocycles. The Hall–Kier alpha value is -3.32. The molecule has 0 radical (unpaired) electrons. The Bertz CT molecular complexity index is 1570. The molecule has 2 atom stereocenters. The minimum atomic E-state index is -2.80. The number of anilines is 2. The number of hydrogen-bond acceptors (Lipinski definition) is 11. The number of alkyl halides is 2. The van der Waals surface area contributed by atoms with Gasteiger partial charge in [0, 0.05) is 42.2 Å². The largest absolute Gasteiger partial charge is 0.486 e. The highest BCUT2D eigenvalue weighted by Crippen LogP contribution is 2.61. The van der Waals surface area contributed by atoms with Crippen LogP contribution in [0.25, 0.3) is 11.4 Å². The highest BCUT2D eigenvalue weighted by atomic mass is 32.1. The van der Waals surface area contributed by atoms with Gasteiger partial charge in [0.25, 0.3) is 5.92 Å². The first kappa shape index (κ1) is 27.5. The fourth-order valence-electron chi connectivity index (χ4n) is 7.28. The van der Waals surface area contributed by atoms with Crippen LogP contribution in [0.15, 0.2) is 4.52 Å². The Kier molecular flexibility index (Phi) is 6.29. The van der Waals surface area contributed by atoms with Gasteiger partial charge in [0.05, 0.1) is 22.4 Å². The standard InChI is InChI=1S/C29H35F2N7O3S/c1-37(2)14-27(13-29(27,30)31)15-40-26-34-21(22-25(35-26)38(3)10-11-39-22)20-16-6-4-8-28(23(16)41-36-20)9-5-7-18-19(28)17(12-32)24(33)42-18/h12,32H,4-11,13-15,33H2,1-3H3. The summed E-state index contributed by atoms with van der Waals surface area (Å²) in [6.07, 6.45) is 6.49. The van der Waals surface area contributed by atoms with Crippen LogP contribution in [0.5, 0.6) is 11.8 Å². The molecule has 3 N–H and O–H groups in total. The Morgan fingerprint density at radius 2 is 1.95 bits per heavy atom. The number of nitrogens with one attached hydrogen (secondary N) is 1. The van der Waals surface area contributed by atoms with E-state index < -0.39 is 16.8 Å². The Morgan fingerprint density at radius 1 is 1.19 bits per heavy atom. The van der Waals surface area contributed by atoms with Crippen molar-refractivity contribution in [3.63, 3.8) is 0 Å². The number of ether oxygens (including phenoxy) is 2. The second kappa shape index (κ2) is 9.60. The van der Waals surface area contributed by atoms with Crippen LogP contribution in [0.4, 0.5) is 19.6 Å². The van der Waals surface area contributed by atoms with Crippen molar-refractivity contribution in [2.45, 2.75) is 56.3 Å². The highest BCUT2D eigenvalue weighted by Gasteiger charge is 2.71. The van der Waals surface area contributed by atoms with Gasteiger partial charge in [-0.2, -0.15) is 9.97 Å². The monoisotopic (exact) mass is 599 g/mol. The number of nitrogen functional groups attached to an aromatic ring is 1. The molecule has 1 saturated carbocycles. The summed E-state index contributed by atoms with van der Waals surface area (Å²) in [4.78, 5) is 14.2. The molecule has 4 heterocycles. The second-order valence-corrected chi connectivity index (χ2v) is 13.6. The maximum absolute atomic E-state index is 14.5. The maximum Gasteiger partial charge on any atom is 0.319 e. The molecular weight excluding hydrogens is 564 g/mol. The number of aromatic nitrogens is 3. The summed E-state index contributed by atoms with van der Waals surface area (Å²) < 4.78 is 47.2. The van der Waals surface area contributed by atoms with Crippen LogP contribution in [-0.2, 0) is 18.3 Å². The molecule has 4 aliphatic rings. The minimum Gasteiger partial charge on any atom is -0.486 e. The van der Waals surface area contributed by atoms with E-state index >= 15 is 0 Å². The van der Waals surface area contributed by atoms with Crippen molar-refractivity contribution in [1.29, 1.82) is 5.41 Å². The van der Waals surface area contributed by atoms with Crippen LogP contribution in [0.1, 0.15) is 59.4 Å². The van der Waals surface area contributed by atoms with Crippen molar-refractivity contribution >= 4 is 28.4 Å². The summed E-state index contributed by atoms with van der Waals surface area (Å²) in [5.41, 5.74) is 8.54. The molecule has 0 saturated heterocycles. The molecule has 1 spiro atoms. The van der Waals surface area contributed by atoms with Crippen molar-refractivity contribution < 1.29 is 22.8 Å². The summed E-state index contributed by atoms with van der Waals surface area (Å²) in [5.74, 6) is -0.986. The number of fused-ring (bicyclic) bond motifs is 5. The fourth-order valence-corrected chi connectivity index (χ4v) is 8.47. The van der Waals surface area contributed by atoms with Gasteiger partial charge >= 0.3 is 6.01 Å². The van der Waals surface area contributed by atoms with E-state index in [1.54, 1.807) is 30.3 Å². The van der Waals surface area contributed by atoms with Crippen molar-refractivity contribution in [3.05, 3.63) is 27.3 Å². The number of nitrogens with zero attached hydrogens (tertiary/aromatic N) is 5. The van der Waals surface area contributed by atoms with Crippen molar-refractivity contribution in [2.24, 2.45) is 5.41 Å². The number of likely N-dealkylation sites (N-methyl/N-ethyl adjacent to an activating group) is 1. The molecular formula is C29H35F2N7O3S. The van der Waals surface area contributed by atoms with Gasteiger partial charge in [-0.3, -0.25) is 0 Å². The Morgan fingerprint density at radius 3 is 2.67 bits per heavy atom. The average Bonchev–Trinajstić information content (AvgIpc) is 3.25. The number of halogens is 2. The number of nitrogens with two attached hydrogens (primary N) is 1. The van der Waals surface area contributed by atoms with Crippen molar-refractivity contribution in [2.75, 3.05) is 58.1 Å². The molecule has 1 fully saturated rings. The molecule has 0 bridgehead atoms. The summed E-state index contributed by atoms with van der Waals surface area (Å²) >= 11 is 1.57. The van der Waals surface area contributed by atoms with Crippen molar-refractivity contribution in [1.82, 2.24) is 20.0 Å². The van der Waals surface area contributed by atoms with Gasteiger partial charge < -0.3 is 34.9 Å². The Labute approximate surface area is 246 Å². The number of thiophene rings is 1. The molecule has 13 heteroatoms. The zero-order chi connectivity index (χ0) is 29.4. The molecule has 10 nitrogen and oxygen atoms in total. The summed E-state index contributed by atoms with van der Waals surface area (Å²) in [6, 6.07) is 0.0147. The van der Waals surface area contributed by atoms with E-state index in [4.69, 9.17) is 30.1 Å². The first-order chi connectivity index (χ1) is 20.1. The molecule has 42 heavy (non-hydrogen) atoms. The lowest BCUT2D eigenvalue weighted by Gasteiger charge is -2.39. The van der Waals surface area contributed by atoms with E-state index in [0.717, 1.165) is 61.0 Å². The van der Waals surface area contributed by atoms with E-state index in [2.05, 4.69) is 10.1 Å². The summed E-state index contributed by atoms with van der Waals surface area (Å²) in [6.45, 7) is 1.06. The Balaban J connectivity index is 1.31. The highest BCUT2D eigenvalue weighted by molar-refractivity contribution is 7.16. The minimum absolute atomic E-state index is 0.0147. The molecule has 3 aromatic rings. The van der Waals surface area contributed by atoms with Crippen LogP contribution in [-0.4, -0.2) is 79.6 Å². The lowest BCUT2D eigenvalue weighted by Crippen LogP contribution is -2.35. The third kappa shape index (κ3) is 4.03. The molecule has 3 aliphatic carbocycles. The molecule has 2 unspecified atom stereocenters. The van der Waals surface area contributed by atoms with Gasteiger partial charge in [-0.25, -0.2) is 8.78 Å².